The Bertz CT molecular complexity index is 710. The van der Waals surface area contributed by atoms with Crippen LogP contribution in [0, 0.1) is 0 Å². The number of likely N-dealkylation sites (N-methyl/N-ethyl adjacent to an activating group) is 1. The molecule has 5 heteroatoms. The van der Waals surface area contributed by atoms with Crippen LogP contribution in [0.5, 0.6) is 5.75 Å². The first-order chi connectivity index (χ1) is 11.5. The topological polar surface area (TPSA) is 66.8 Å². The number of anilines is 1. The fraction of sp³-hybridized carbons (Fsp3) is 0.263. The van der Waals surface area contributed by atoms with E-state index in [1.54, 1.807) is 36.2 Å². The molecule has 0 aromatic heterocycles. The predicted octanol–water partition coefficient (Wildman–Crippen LogP) is 2.92. The number of hydrogen-bond donors (Lipinski definition) is 1. The Labute approximate surface area is 141 Å². The smallest absolute Gasteiger partial charge is 0.341 e. The molecule has 2 aromatic carbocycles. The van der Waals surface area contributed by atoms with Crippen molar-refractivity contribution >= 4 is 17.6 Å². The second-order valence-electron chi connectivity index (χ2n) is 5.43. The van der Waals surface area contributed by atoms with E-state index in [4.69, 9.17) is 9.84 Å². The van der Waals surface area contributed by atoms with Gasteiger partial charge in [-0.1, -0.05) is 31.2 Å². The first-order valence-corrected chi connectivity index (χ1v) is 7.79. The van der Waals surface area contributed by atoms with Gasteiger partial charge in [0.1, 0.15) is 5.75 Å². The highest BCUT2D eigenvalue weighted by Gasteiger charge is 2.13. The number of nitrogens with zero attached hydrogens (tertiary/aromatic N) is 1. The highest BCUT2D eigenvalue weighted by molar-refractivity contribution is 5.94. The van der Waals surface area contributed by atoms with Gasteiger partial charge in [-0.25, -0.2) is 4.79 Å². The van der Waals surface area contributed by atoms with Gasteiger partial charge in [-0.05, 0) is 41.8 Å². The summed E-state index contributed by atoms with van der Waals surface area (Å²) < 4.78 is 5.09. The van der Waals surface area contributed by atoms with Gasteiger partial charge in [-0.3, -0.25) is 4.79 Å². The third-order valence-electron chi connectivity index (χ3n) is 3.80. The van der Waals surface area contributed by atoms with E-state index in [0.29, 0.717) is 12.2 Å². The standard InChI is InChI=1S/C19H21NO4/c1-3-14-6-4-5-7-15(14)12-18(21)20(2)16-8-10-17(11-9-16)24-13-19(22)23/h4-11H,3,12-13H2,1-2H3,(H,22,23). The van der Waals surface area contributed by atoms with Crippen molar-refractivity contribution in [2.45, 2.75) is 19.8 Å². The van der Waals surface area contributed by atoms with Crippen molar-refractivity contribution in [3.8, 4) is 5.75 Å². The number of rotatable bonds is 7. The molecule has 0 saturated heterocycles. The van der Waals surface area contributed by atoms with Crippen LogP contribution in [0.2, 0.25) is 0 Å². The molecule has 0 atom stereocenters. The van der Waals surface area contributed by atoms with Gasteiger partial charge < -0.3 is 14.7 Å². The van der Waals surface area contributed by atoms with Gasteiger partial charge in [0.15, 0.2) is 6.61 Å². The van der Waals surface area contributed by atoms with Crippen LogP contribution in [0.25, 0.3) is 0 Å². The molecule has 1 N–H and O–H groups in total. The zero-order valence-corrected chi connectivity index (χ0v) is 13.9. The Kier molecular flexibility index (Phi) is 5.95. The summed E-state index contributed by atoms with van der Waals surface area (Å²) in [6, 6.07) is 14.7. The molecule has 0 radical (unpaired) electrons. The number of carboxylic acids is 1. The Morgan fingerprint density at radius 2 is 1.67 bits per heavy atom. The summed E-state index contributed by atoms with van der Waals surface area (Å²) in [7, 11) is 1.73. The lowest BCUT2D eigenvalue weighted by atomic mass is 10.0. The van der Waals surface area contributed by atoms with Crippen molar-refractivity contribution < 1.29 is 19.4 Å². The summed E-state index contributed by atoms with van der Waals surface area (Å²) in [4.78, 5) is 24.6. The van der Waals surface area contributed by atoms with Crippen molar-refractivity contribution in [1.29, 1.82) is 0 Å². The van der Waals surface area contributed by atoms with E-state index in [-0.39, 0.29) is 12.5 Å². The Morgan fingerprint density at radius 3 is 2.25 bits per heavy atom. The molecule has 0 unspecified atom stereocenters. The normalized spacial score (nSPS) is 10.2. The lowest BCUT2D eigenvalue weighted by Gasteiger charge is -2.18. The predicted molar refractivity (Wildman–Crippen MR) is 92.5 cm³/mol. The van der Waals surface area contributed by atoms with Gasteiger partial charge in [0, 0.05) is 12.7 Å². The molecule has 0 aliphatic carbocycles. The van der Waals surface area contributed by atoms with E-state index < -0.39 is 5.97 Å². The largest absolute Gasteiger partial charge is 0.482 e. The molecule has 2 rings (SSSR count). The lowest BCUT2D eigenvalue weighted by Crippen LogP contribution is -2.28. The van der Waals surface area contributed by atoms with Gasteiger partial charge in [0.2, 0.25) is 5.91 Å². The maximum absolute atomic E-state index is 12.5. The number of aliphatic carboxylic acids is 1. The molecule has 0 fully saturated rings. The molecule has 0 bridgehead atoms. The minimum atomic E-state index is -1.03. The highest BCUT2D eigenvalue weighted by Crippen LogP contribution is 2.20. The number of carbonyl (C=O) groups is 2. The summed E-state index contributed by atoms with van der Waals surface area (Å²) in [5.41, 5.74) is 2.95. The van der Waals surface area contributed by atoms with Gasteiger partial charge in [0.25, 0.3) is 0 Å². The summed E-state index contributed by atoms with van der Waals surface area (Å²) in [5.74, 6) is -0.575. The highest BCUT2D eigenvalue weighted by atomic mass is 16.5. The van der Waals surface area contributed by atoms with Gasteiger partial charge in [0.05, 0.1) is 6.42 Å². The van der Waals surface area contributed by atoms with Crippen LogP contribution in [0.1, 0.15) is 18.1 Å². The Morgan fingerprint density at radius 1 is 1.04 bits per heavy atom. The monoisotopic (exact) mass is 327 g/mol. The lowest BCUT2D eigenvalue weighted by molar-refractivity contribution is -0.139. The zero-order valence-electron chi connectivity index (χ0n) is 13.9. The van der Waals surface area contributed by atoms with Crippen LogP contribution in [-0.2, 0) is 22.4 Å². The molecule has 0 heterocycles. The van der Waals surface area contributed by atoms with Crippen molar-refractivity contribution in [3.05, 3.63) is 59.7 Å². The van der Waals surface area contributed by atoms with Crippen LogP contribution in [0.3, 0.4) is 0 Å². The molecule has 2 aromatic rings. The summed E-state index contributed by atoms with van der Waals surface area (Å²) in [6.07, 6.45) is 1.24. The molecule has 0 saturated carbocycles. The van der Waals surface area contributed by atoms with Crippen molar-refractivity contribution in [2.75, 3.05) is 18.6 Å². The van der Waals surface area contributed by atoms with Gasteiger partial charge in [-0.2, -0.15) is 0 Å². The van der Waals surface area contributed by atoms with E-state index in [1.807, 2.05) is 24.3 Å². The molecule has 0 spiro atoms. The quantitative estimate of drug-likeness (QED) is 0.849. The molecular formula is C19H21NO4. The number of aryl methyl sites for hydroxylation is 1. The minimum Gasteiger partial charge on any atom is -0.482 e. The minimum absolute atomic E-state index is 0.00453. The Hall–Kier alpha value is -2.82. The maximum Gasteiger partial charge on any atom is 0.341 e. The summed E-state index contributed by atoms with van der Waals surface area (Å²) >= 11 is 0. The van der Waals surface area contributed by atoms with Crippen LogP contribution in [-0.4, -0.2) is 30.6 Å². The fourth-order valence-electron chi connectivity index (χ4n) is 2.41. The molecule has 24 heavy (non-hydrogen) atoms. The number of ether oxygens (including phenoxy) is 1. The number of amides is 1. The van der Waals surface area contributed by atoms with Crippen LogP contribution in [0.4, 0.5) is 5.69 Å². The molecule has 126 valence electrons. The first-order valence-electron chi connectivity index (χ1n) is 7.79. The van der Waals surface area contributed by atoms with Gasteiger partial charge in [-0.15, -0.1) is 0 Å². The molecule has 1 amide bonds. The zero-order chi connectivity index (χ0) is 17.5. The van der Waals surface area contributed by atoms with Crippen LogP contribution in [0.15, 0.2) is 48.5 Å². The van der Waals surface area contributed by atoms with Crippen molar-refractivity contribution in [3.63, 3.8) is 0 Å². The van der Waals surface area contributed by atoms with E-state index in [1.165, 1.54) is 5.56 Å². The van der Waals surface area contributed by atoms with E-state index in [0.717, 1.165) is 17.7 Å². The Balaban J connectivity index is 2.03. The number of hydrogen-bond acceptors (Lipinski definition) is 3. The van der Waals surface area contributed by atoms with E-state index in [9.17, 15) is 9.59 Å². The van der Waals surface area contributed by atoms with Crippen molar-refractivity contribution in [2.24, 2.45) is 0 Å². The second-order valence-corrected chi connectivity index (χ2v) is 5.43. The fourth-order valence-corrected chi connectivity index (χ4v) is 2.41. The third kappa shape index (κ3) is 4.59. The van der Waals surface area contributed by atoms with Crippen LogP contribution < -0.4 is 9.64 Å². The maximum atomic E-state index is 12.5. The summed E-state index contributed by atoms with van der Waals surface area (Å²) in [5, 5.41) is 8.60. The molecule has 5 nitrogen and oxygen atoms in total. The molecule has 0 aliphatic heterocycles. The molecular weight excluding hydrogens is 306 g/mol. The average molecular weight is 327 g/mol. The first kappa shape index (κ1) is 17.5. The third-order valence-corrected chi connectivity index (χ3v) is 3.80. The second kappa shape index (κ2) is 8.15. The van der Waals surface area contributed by atoms with Crippen LogP contribution >= 0.6 is 0 Å². The number of carbonyl (C=O) groups excluding carboxylic acids is 1. The SMILES string of the molecule is CCc1ccccc1CC(=O)N(C)c1ccc(OCC(=O)O)cc1. The number of benzene rings is 2. The number of carboxylic acid groups (broad SMARTS) is 1. The van der Waals surface area contributed by atoms with E-state index in [2.05, 4.69) is 6.92 Å². The summed E-state index contributed by atoms with van der Waals surface area (Å²) in [6.45, 7) is 1.69. The average Bonchev–Trinajstić information content (AvgIpc) is 2.60. The van der Waals surface area contributed by atoms with Crippen molar-refractivity contribution in [1.82, 2.24) is 0 Å². The van der Waals surface area contributed by atoms with E-state index >= 15 is 0 Å². The molecule has 0 aliphatic rings. The van der Waals surface area contributed by atoms with Gasteiger partial charge >= 0.3 is 5.97 Å².